The lowest BCUT2D eigenvalue weighted by molar-refractivity contribution is 0.252. The minimum atomic E-state index is -0.315. The summed E-state index contributed by atoms with van der Waals surface area (Å²) in [4.78, 5) is 23.0. The van der Waals surface area contributed by atoms with Crippen LogP contribution in [0.5, 0.6) is 0 Å². The Morgan fingerprint density at radius 1 is 1.36 bits per heavy atom. The Morgan fingerprint density at radius 3 is 2.95 bits per heavy atom. The van der Waals surface area contributed by atoms with Crippen LogP contribution >= 0.6 is 11.6 Å². The number of amides is 2. The summed E-state index contributed by atoms with van der Waals surface area (Å²) in [5, 5.41) is 5.80. The van der Waals surface area contributed by atoms with Gasteiger partial charge in [-0.2, -0.15) is 0 Å². The number of aromatic nitrogens is 3. The van der Waals surface area contributed by atoms with Gasteiger partial charge in [0.2, 0.25) is 5.95 Å². The van der Waals surface area contributed by atoms with Gasteiger partial charge in [-0.05, 0) is 30.7 Å². The van der Waals surface area contributed by atoms with E-state index in [0.29, 0.717) is 28.5 Å². The molecule has 3 rings (SSSR count). The second kappa shape index (κ2) is 6.03. The highest BCUT2D eigenvalue weighted by atomic mass is 35.5. The quantitative estimate of drug-likeness (QED) is 0.692. The molecule has 0 saturated carbocycles. The van der Waals surface area contributed by atoms with Crippen LogP contribution in [0, 0.1) is 0 Å². The van der Waals surface area contributed by atoms with Crippen LogP contribution in [-0.2, 0) is 0 Å². The lowest BCUT2D eigenvalue weighted by Crippen LogP contribution is -2.28. The number of halogens is 1. The number of aromatic amines is 1. The molecule has 1 aromatic carbocycles. The predicted octanol–water partition coefficient (Wildman–Crippen LogP) is 3.42. The van der Waals surface area contributed by atoms with Crippen molar-refractivity contribution in [1.29, 1.82) is 0 Å². The summed E-state index contributed by atoms with van der Waals surface area (Å²) in [5.41, 5.74) is 3.23. The Labute approximate surface area is 131 Å². The lowest BCUT2D eigenvalue weighted by Gasteiger charge is -2.02. The molecule has 0 saturated heterocycles. The minimum absolute atomic E-state index is 0.315. The summed E-state index contributed by atoms with van der Waals surface area (Å²) in [6.07, 6.45) is 3.48. The van der Waals surface area contributed by atoms with Crippen molar-refractivity contribution >= 4 is 34.6 Å². The largest absolute Gasteiger partial charge is 0.338 e. The molecule has 6 nitrogen and oxygen atoms in total. The van der Waals surface area contributed by atoms with Gasteiger partial charge in [-0.3, -0.25) is 10.3 Å². The number of anilines is 1. The van der Waals surface area contributed by atoms with E-state index in [4.69, 9.17) is 11.6 Å². The summed E-state index contributed by atoms with van der Waals surface area (Å²) in [7, 11) is 0. The number of hydrogen-bond donors (Lipinski definition) is 3. The smallest absolute Gasteiger partial charge is 0.321 e. The number of urea groups is 1. The molecule has 112 valence electrons. The van der Waals surface area contributed by atoms with E-state index in [2.05, 4.69) is 25.6 Å². The van der Waals surface area contributed by atoms with Crippen molar-refractivity contribution in [3.05, 3.63) is 41.7 Å². The maximum Gasteiger partial charge on any atom is 0.321 e. The molecule has 0 aliphatic heterocycles. The highest BCUT2D eigenvalue weighted by Crippen LogP contribution is 2.30. The zero-order valence-electron chi connectivity index (χ0n) is 11.9. The summed E-state index contributed by atoms with van der Waals surface area (Å²) in [6, 6.07) is 7.24. The fourth-order valence-electron chi connectivity index (χ4n) is 2.14. The number of nitrogens with zero attached hydrogens (tertiary/aromatic N) is 2. The van der Waals surface area contributed by atoms with Crippen molar-refractivity contribution in [3.63, 3.8) is 0 Å². The number of H-pyrrole nitrogens is 1. The highest BCUT2D eigenvalue weighted by molar-refractivity contribution is 6.35. The normalized spacial score (nSPS) is 10.6. The molecule has 2 amide bonds. The molecular weight excluding hydrogens is 302 g/mol. The van der Waals surface area contributed by atoms with Gasteiger partial charge in [0.25, 0.3) is 0 Å². The van der Waals surface area contributed by atoms with E-state index in [1.807, 2.05) is 31.2 Å². The SMILES string of the molecule is CCNC(=O)Nc1nc2cc(-c3cccnc3)cc(Cl)c2[nH]1. The molecule has 0 radical (unpaired) electrons. The number of benzene rings is 1. The van der Waals surface area contributed by atoms with Crippen LogP contribution in [0.3, 0.4) is 0 Å². The third kappa shape index (κ3) is 2.87. The van der Waals surface area contributed by atoms with Crippen LogP contribution in [0.25, 0.3) is 22.2 Å². The monoisotopic (exact) mass is 315 g/mol. The second-order valence-electron chi connectivity index (χ2n) is 4.66. The number of pyridine rings is 1. The summed E-state index contributed by atoms with van der Waals surface area (Å²) in [5.74, 6) is 0.353. The predicted molar refractivity (Wildman–Crippen MR) is 87.0 cm³/mol. The van der Waals surface area contributed by atoms with E-state index in [0.717, 1.165) is 11.1 Å². The number of carbonyl (C=O) groups is 1. The zero-order chi connectivity index (χ0) is 15.5. The molecule has 0 fully saturated rings. The fourth-order valence-corrected chi connectivity index (χ4v) is 2.40. The first-order valence-electron chi connectivity index (χ1n) is 6.82. The summed E-state index contributed by atoms with van der Waals surface area (Å²) < 4.78 is 0. The molecule has 2 heterocycles. The Hall–Kier alpha value is -2.60. The maximum absolute atomic E-state index is 11.5. The van der Waals surface area contributed by atoms with Crippen molar-refractivity contribution in [2.24, 2.45) is 0 Å². The molecule has 7 heteroatoms. The molecule has 0 atom stereocenters. The van der Waals surface area contributed by atoms with Gasteiger partial charge in [0.1, 0.15) is 0 Å². The minimum Gasteiger partial charge on any atom is -0.338 e. The van der Waals surface area contributed by atoms with E-state index in [9.17, 15) is 4.79 Å². The number of rotatable bonds is 3. The van der Waals surface area contributed by atoms with E-state index in [-0.39, 0.29) is 6.03 Å². The van der Waals surface area contributed by atoms with Gasteiger partial charge in [0.05, 0.1) is 16.1 Å². The van der Waals surface area contributed by atoms with Crippen LogP contribution in [0.4, 0.5) is 10.7 Å². The molecule has 22 heavy (non-hydrogen) atoms. The molecule has 3 aromatic rings. The van der Waals surface area contributed by atoms with E-state index in [1.54, 1.807) is 12.4 Å². The molecule has 0 aliphatic carbocycles. The van der Waals surface area contributed by atoms with E-state index >= 15 is 0 Å². The average Bonchev–Trinajstić information content (AvgIpc) is 2.91. The van der Waals surface area contributed by atoms with Gasteiger partial charge in [0, 0.05) is 24.5 Å². The Balaban J connectivity index is 1.98. The lowest BCUT2D eigenvalue weighted by atomic mass is 10.1. The average molecular weight is 316 g/mol. The summed E-state index contributed by atoms with van der Waals surface area (Å²) in [6.45, 7) is 2.38. The molecule has 0 bridgehead atoms. The topological polar surface area (TPSA) is 82.7 Å². The first-order chi connectivity index (χ1) is 10.7. The van der Waals surface area contributed by atoms with Gasteiger partial charge in [-0.25, -0.2) is 9.78 Å². The number of imidazole rings is 1. The number of hydrogen-bond acceptors (Lipinski definition) is 3. The second-order valence-corrected chi connectivity index (χ2v) is 5.07. The molecule has 0 spiro atoms. The fraction of sp³-hybridized carbons (Fsp3) is 0.133. The van der Waals surface area contributed by atoms with Gasteiger partial charge in [0.15, 0.2) is 0 Å². The van der Waals surface area contributed by atoms with Crippen LogP contribution in [-0.4, -0.2) is 27.5 Å². The third-order valence-electron chi connectivity index (χ3n) is 3.11. The van der Waals surface area contributed by atoms with Crippen molar-refractivity contribution in [3.8, 4) is 11.1 Å². The van der Waals surface area contributed by atoms with Crippen LogP contribution in [0.1, 0.15) is 6.92 Å². The maximum atomic E-state index is 11.5. The summed E-state index contributed by atoms with van der Waals surface area (Å²) >= 11 is 6.30. The molecule has 0 unspecified atom stereocenters. The van der Waals surface area contributed by atoms with Crippen molar-refractivity contribution in [1.82, 2.24) is 20.3 Å². The molecule has 3 N–H and O–H groups in total. The third-order valence-corrected chi connectivity index (χ3v) is 3.41. The first-order valence-corrected chi connectivity index (χ1v) is 7.19. The highest BCUT2D eigenvalue weighted by Gasteiger charge is 2.11. The Bertz CT molecular complexity index is 815. The molecular formula is C15H14ClN5O. The molecule has 0 aliphatic rings. The number of fused-ring (bicyclic) bond motifs is 1. The number of carbonyl (C=O) groups excluding carboxylic acids is 1. The van der Waals surface area contributed by atoms with Crippen LogP contribution < -0.4 is 10.6 Å². The standard InChI is InChI=1S/C15H14ClN5O/c1-2-18-15(22)21-14-19-12-7-10(6-11(16)13(12)20-14)9-4-3-5-17-8-9/h3-8H,2H2,1H3,(H3,18,19,20,21,22). The molecule has 2 aromatic heterocycles. The number of nitrogens with one attached hydrogen (secondary N) is 3. The van der Waals surface area contributed by atoms with Crippen LogP contribution in [0.15, 0.2) is 36.7 Å². The van der Waals surface area contributed by atoms with Gasteiger partial charge in [-0.15, -0.1) is 0 Å². The van der Waals surface area contributed by atoms with E-state index in [1.165, 1.54) is 0 Å². The zero-order valence-corrected chi connectivity index (χ0v) is 12.6. The first kappa shape index (κ1) is 14.3. The van der Waals surface area contributed by atoms with Gasteiger partial charge < -0.3 is 10.3 Å². The van der Waals surface area contributed by atoms with Gasteiger partial charge in [-0.1, -0.05) is 17.7 Å². The van der Waals surface area contributed by atoms with Crippen LogP contribution in [0.2, 0.25) is 5.02 Å². The van der Waals surface area contributed by atoms with Crippen molar-refractivity contribution in [2.75, 3.05) is 11.9 Å². The van der Waals surface area contributed by atoms with E-state index < -0.39 is 0 Å². The van der Waals surface area contributed by atoms with Gasteiger partial charge >= 0.3 is 6.03 Å². The van der Waals surface area contributed by atoms with Crippen molar-refractivity contribution < 1.29 is 4.79 Å². The van der Waals surface area contributed by atoms with Crippen molar-refractivity contribution in [2.45, 2.75) is 6.92 Å². The Kier molecular flexibility index (Phi) is 3.93. The Morgan fingerprint density at radius 2 is 2.23 bits per heavy atom.